The van der Waals surface area contributed by atoms with Crippen molar-refractivity contribution in [2.24, 2.45) is 0 Å². The number of nitrogens with one attached hydrogen (secondary N) is 1. The van der Waals surface area contributed by atoms with Gasteiger partial charge in [0.15, 0.2) is 17.0 Å². The molecule has 10 heteroatoms. The maximum Gasteiger partial charge on any atom is 0.207 e. The number of fused-ring (bicyclic) bond motifs is 1. The van der Waals surface area contributed by atoms with Gasteiger partial charge in [0, 0.05) is 13.1 Å². The van der Waals surface area contributed by atoms with E-state index in [1.807, 2.05) is 10.6 Å². The zero-order valence-corrected chi connectivity index (χ0v) is 23.4. The number of imidazole rings is 1. The summed E-state index contributed by atoms with van der Waals surface area (Å²) in [5.74, 6) is 1.85. The average molecular weight is 558 g/mol. The monoisotopic (exact) mass is 557 g/mol. The molecule has 2 atom stereocenters. The molecular weight excluding hydrogens is 518 g/mol. The van der Waals surface area contributed by atoms with Gasteiger partial charge in [-0.1, -0.05) is 42.8 Å². The van der Waals surface area contributed by atoms with Crippen molar-refractivity contribution in [3.05, 3.63) is 60.4 Å². The Morgan fingerprint density at radius 1 is 1.02 bits per heavy atom. The molecule has 0 spiro atoms. The lowest BCUT2D eigenvalue weighted by Gasteiger charge is -2.26. The Morgan fingerprint density at radius 3 is 2.68 bits per heavy atom. The Morgan fingerprint density at radius 2 is 1.88 bits per heavy atom. The predicted octanol–water partition coefficient (Wildman–Crippen LogP) is 4.61. The van der Waals surface area contributed by atoms with E-state index in [1.165, 1.54) is 38.7 Å². The fourth-order valence-electron chi connectivity index (χ4n) is 5.76. The lowest BCUT2D eigenvalue weighted by atomic mass is 10.0. The minimum Gasteiger partial charge on any atom is -0.494 e. The van der Waals surface area contributed by atoms with Crippen LogP contribution in [0.25, 0.3) is 22.3 Å². The third-order valence-corrected chi connectivity index (χ3v) is 7.99. The molecule has 4 aromatic rings. The van der Waals surface area contributed by atoms with Crippen LogP contribution in [0.4, 0.5) is 11.8 Å². The molecular formula is C31H39N7O3. The molecule has 4 N–H and O–H groups in total. The molecule has 41 heavy (non-hydrogen) atoms. The van der Waals surface area contributed by atoms with Crippen LogP contribution in [0.1, 0.15) is 50.3 Å². The number of hydrogen-bond donors (Lipinski definition) is 3. The average Bonchev–Trinajstić information content (AvgIpc) is 3.64. The molecule has 0 saturated carbocycles. The molecule has 216 valence electrons. The molecule has 2 aromatic carbocycles. The van der Waals surface area contributed by atoms with Gasteiger partial charge in [-0.05, 0) is 74.0 Å². The van der Waals surface area contributed by atoms with Crippen molar-refractivity contribution >= 4 is 22.9 Å². The molecule has 2 fully saturated rings. The fourth-order valence-corrected chi connectivity index (χ4v) is 5.76. The van der Waals surface area contributed by atoms with Crippen LogP contribution in [0.2, 0.25) is 0 Å². The quantitative estimate of drug-likeness (QED) is 0.227. The Labute approximate surface area is 240 Å². The molecule has 4 heterocycles. The van der Waals surface area contributed by atoms with Crippen molar-refractivity contribution in [3.63, 3.8) is 0 Å². The lowest BCUT2D eigenvalue weighted by molar-refractivity contribution is -0.0197. The molecule has 0 unspecified atom stereocenters. The highest BCUT2D eigenvalue weighted by Crippen LogP contribution is 2.34. The molecule has 0 bridgehead atoms. The normalized spacial score (nSPS) is 19.5. The summed E-state index contributed by atoms with van der Waals surface area (Å²) in [5.41, 5.74) is 10.6. The first-order chi connectivity index (χ1) is 20.2. The Hall–Kier alpha value is -3.73. The minimum absolute atomic E-state index is 0.0108. The second-order valence-electron chi connectivity index (χ2n) is 10.9. The van der Waals surface area contributed by atoms with E-state index in [0.29, 0.717) is 29.5 Å². The van der Waals surface area contributed by atoms with E-state index in [4.69, 9.17) is 20.2 Å². The number of aliphatic hydroxyl groups is 1. The summed E-state index contributed by atoms with van der Waals surface area (Å²) in [4.78, 5) is 15.8. The maximum absolute atomic E-state index is 9.55. The van der Waals surface area contributed by atoms with Gasteiger partial charge >= 0.3 is 0 Å². The van der Waals surface area contributed by atoms with Crippen LogP contribution in [-0.4, -0.2) is 68.5 Å². The first-order valence-electron chi connectivity index (χ1n) is 14.7. The van der Waals surface area contributed by atoms with Gasteiger partial charge < -0.3 is 30.5 Å². The van der Waals surface area contributed by atoms with Crippen molar-refractivity contribution in [1.29, 1.82) is 0 Å². The van der Waals surface area contributed by atoms with Crippen LogP contribution < -0.4 is 15.8 Å². The number of hydrogen-bond acceptors (Lipinski definition) is 9. The molecule has 2 aliphatic rings. The molecule has 2 saturated heterocycles. The number of nitrogen functional groups attached to an aromatic ring is 1. The van der Waals surface area contributed by atoms with Gasteiger partial charge in [0.1, 0.15) is 18.3 Å². The van der Waals surface area contributed by atoms with Crippen molar-refractivity contribution in [2.45, 2.75) is 57.4 Å². The van der Waals surface area contributed by atoms with E-state index in [2.05, 4.69) is 62.6 Å². The zero-order chi connectivity index (χ0) is 28.0. The van der Waals surface area contributed by atoms with E-state index in [1.54, 1.807) is 0 Å². The van der Waals surface area contributed by atoms with Crippen molar-refractivity contribution in [1.82, 2.24) is 24.4 Å². The Kier molecular flexibility index (Phi) is 8.60. The van der Waals surface area contributed by atoms with Gasteiger partial charge in [0.05, 0.1) is 19.3 Å². The smallest absolute Gasteiger partial charge is 0.207 e. The zero-order valence-electron chi connectivity index (χ0n) is 23.4. The predicted molar refractivity (Wildman–Crippen MR) is 160 cm³/mol. The number of nitrogens with two attached hydrogens (primary N) is 1. The number of aromatic nitrogens is 4. The first-order valence-corrected chi connectivity index (χ1v) is 14.7. The van der Waals surface area contributed by atoms with Crippen molar-refractivity contribution in [2.75, 3.05) is 43.9 Å². The Bertz CT molecular complexity index is 1440. The number of piperidine rings is 1. The number of aliphatic hydroxyl groups excluding tert-OH is 1. The molecule has 0 radical (unpaired) electrons. The van der Waals surface area contributed by atoms with Crippen LogP contribution in [0.3, 0.4) is 0 Å². The number of benzene rings is 2. The topological polar surface area (TPSA) is 124 Å². The number of rotatable bonds is 11. The summed E-state index contributed by atoms with van der Waals surface area (Å²) in [6, 6.07) is 16.8. The van der Waals surface area contributed by atoms with E-state index < -0.39 is 0 Å². The molecule has 10 nitrogen and oxygen atoms in total. The van der Waals surface area contributed by atoms with Crippen LogP contribution in [-0.2, 0) is 11.3 Å². The largest absolute Gasteiger partial charge is 0.494 e. The highest BCUT2D eigenvalue weighted by atomic mass is 16.5. The summed E-state index contributed by atoms with van der Waals surface area (Å²) in [7, 11) is 0. The van der Waals surface area contributed by atoms with E-state index in [-0.39, 0.29) is 18.9 Å². The molecule has 2 aromatic heterocycles. The molecule has 2 aliphatic heterocycles. The third kappa shape index (κ3) is 6.45. The summed E-state index contributed by atoms with van der Waals surface area (Å²) in [6.07, 6.45) is 7.55. The second kappa shape index (κ2) is 12.8. The van der Waals surface area contributed by atoms with Gasteiger partial charge in [-0.3, -0.25) is 4.57 Å². The highest BCUT2D eigenvalue weighted by Gasteiger charge is 2.30. The summed E-state index contributed by atoms with van der Waals surface area (Å²) < 4.78 is 14.1. The summed E-state index contributed by atoms with van der Waals surface area (Å²) in [5, 5.41) is 13.0. The van der Waals surface area contributed by atoms with E-state index in [9.17, 15) is 5.11 Å². The summed E-state index contributed by atoms with van der Waals surface area (Å²) in [6.45, 7) is 4.85. The van der Waals surface area contributed by atoms with E-state index in [0.717, 1.165) is 54.9 Å². The summed E-state index contributed by atoms with van der Waals surface area (Å²) >= 11 is 0. The van der Waals surface area contributed by atoms with Gasteiger partial charge in [-0.15, -0.1) is 0 Å². The molecule has 0 aliphatic carbocycles. The number of ether oxygens (including phenoxy) is 2. The van der Waals surface area contributed by atoms with Crippen LogP contribution >= 0.6 is 0 Å². The number of anilines is 2. The lowest BCUT2D eigenvalue weighted by Crippen LogP contribution is -2.31. The standard InChI is InChI=1S/C31H39N7O3/c32-29-28-30(35-21-34-29)38(27-13-12-26(20-39)41-27)31(36-28)33-19-22-8-10-23(11-9-22)24-6-4-7-25(18-24)40-17-5-16-37-14-2-1-3-15-37/h4,6-11,18,21,26-27,39H,1-3,5,12-17,19-20H2,(H,33,36)(H2,32,34,35)/t26-,27+/m0/s1. The maximum atomic E-state index is 9.55. The van der Waals surface area contributed by atoms with Crippen molar-refractivity contribution < 1.29 is 14.6 Å². The van der Waals surface area contributed by atoms with Gasteiger partial charge in [0.25, 0.3) is 0 Å². The van der Waals surface area contributed by atoms with Gasteiger partial charge in [-0.2, -0.15) is 0 Å². The number of nitrogens with zero attached hydrogens (tertiary/aromatic N) is 5. The van der Waals surface area contributed by atoms with Crippen LogP contribution in [0, 0.1) is 0 Å². The third-order valence-electron chi connectivity index (χ3n) is 7.99. The van der Waals surface area contributed by atoms with E-state index >= 15 is 0 Å². The van der Waals surface area contributed by atoms with Crippen LogP contribution in [0.15, 0.2) is 54.9 Å². The van der Waals surface area contributed by atoms with Gasteiger partial charge in [-0.25, -0.2) is 15.0 Å². The van der Waals surface area contributed by atoms with Crippen molar-refractivity contribution in [3.8, 4) is 16.9 Å². The SMILES string of the molecule is Nc1ncnc2c1nc(NCc1ccc(-c3cccc(OCCCN4CCCCC4)c3)cc1)n2[C@H]1CC[C@@H](CO)O1. The number of likely N-dealkylation sites (tertiary alicyclic amines) is 1. The molecule has 0 amide bonds. The highest BCUT2D eigenvalue weighted by molar-refractivity contribution is 5.84. The Balaban J connectivity index is 1.09. The van der Waals surface area contributed by atoms with Crippen LogP contribution in [0.5, 0.6) is 5.75 Å². The second-order valence-corrected chi connectivity index (χ2v) is 10.9. The minimum atomic E-state index is -0.282. The molecule has 6 rings (SSSR count). The first kappa shape index (κ1) is 27.4. The fraction of sp³-hybridized carbons (Fsp3) is 0.452. The van der Waals surface area contributed by atoms with Gasteiger partial charge in [0.2, 0.25) is 5.95 Å².